The number of hydrogen-bond acceptors (Lipinski definition) is 3. The number of carbonyl (C=O) groups is 1. The molecule has 1 N–H and O–H groups in total. The summed E-state index contributed by atoms with van der Waals surface area (Å²) in [7, 11) is -3.51. The molecule has 0 aromatic heterocycles. The van der Waals surface area contributed by atoms with Crippen molar-refractivity contribution in [3.63, 3.8) is 0 Å². The molecule has 27 heavy (non-hydrogen) atoms. The second-order valence-electron chi connectivity index (χ2n) is 6.46. The molecule has 1 aliphatic heterocycles. The van der Waals surface area contributed by atoms with E-state index in [-0.39, 0.29) is 17.0 Å². The Hall–Kier alpha value is -2.32. The van der Waals surface area contributed by atoms with Crippen LogP contribution in [0.5, 0.6) is 0 Å². The van der Waals surface area contributed by atoms with Crippen LogP contribution in [0.25, 0.3) is 0 Å². The molecule has 8 heteroatoms. The first-order valence-corrected chi connectivity index (χ1v) is 10.1. The molecule has 0 atom stereocenters. The molecule has 1 fully saturated rings. The molecule has 1 amide bonds. The highest BCUT2D eigenvalue weighted by molar-refractivity contribution is 7.89. The fourth-order valence-corrected chi connectivity index (χ4v) is 4.52. The fourth-order valence-electron chi connectivity index (χ4n) is 3.00. The smallest absolute Gasteiger partial charge is 0.243 e. The molecule has 0 unspecified atom stereocenters. The molecule has 1 heterocycles. The Morgan fingerprint density at radius 1 is 0.963 bits per heavy atom. The van der Waals surface area contributed by atoms with Crippen LogP contribution in [0.15, 0.2) is 47.4 Å². The van der Waals surface area contributed by atoms with Crippen molar-refractivity contribution in [2.75, 3.05) is 18.4 Å². The Balaban J connectivity index is 1.64. The molecule has 1 saturated heterocycles. The number of anilines is 1. The third-order valence-corrected chi connectivity index (χ3v) is 6.36. The molecule has 3 rings (SSSR count). The van der Waals surface area contributed by atoms with Crippen LogP contribution < -0.4 is 5.32 Å². The van der Waals surface area contributed by atoms with Crippen molar-refractivity contribution in [2.45, 2.75) is 30.6 Å². The summed E-state index contributed by atoms with van der Waals surface area (Å²) in [5.74, 6) is -2.44. The number of nitrogens with one attached hydrogen (secondary N) is 1. The number of benzene rings is 2. The quantitative estimate of drug-likeness (QED) is 0.846. The van der Waals surface area contributed by atoms with Gasteiger partial charge >= 0.3 is 0 Å². The SMILES string of the molecule is O=C(Cc1ccc(S(=O)(=O)N2CCCCC2)cc1)Nc1ccc(F)c(F)c1. The standard InChI is InChI=1S/C19H20F2N2O3S/c20-17-9-6-15(13-18(17)21)22-19(24)12-14-4-7-16(8-5-14)27(25,26)23-10-2-1-3-11-23/h4-9,13H,1-3,10-12H2,(H,22,24). The van der Waals surface area contributed by atoms with Crippen molar-refractivity contribution in [1.29, 1.82) is 0 Å². The summed E-state index contributed by atoms with van der Waals surface area (Å²) in [5.41, 5.74) is 0.774. The molecule has 0 spiro atoms. The van der Waals surface area contributed by atoms with Crippen molar-refractivity contribution in [2.24, 2.45) is 0 Å². The molecule has 2 aromatic rings. The highest BCUT2D eigenvalue weighted by Crippen LogP contribution is 2.21. The number of carbonyl (C=O) groups excluding carboxylic acids is 1. The lowest BCUT2D eigenvalue weighted by Gasteiger charge is -2.25. The number of sulfonamides is 1. The number of amides is 1. The summed E-state index contributed by atoms with van der Waals surface area (Å²) in [5, 5.41) is 2.48. The molecule has 144 valence electrons. The summed E-state index contributed by atoms with van der Waals surface area (Å²) in [6.07, 6.45) is 2.75. The highest BCUT2D eigenvalue weighted by Gasteiger charge is 2.25. The van der Waals surface area contributed by atoms with Crippen molar-refractivity contribution >= 4 is 21.6 Å². The number of nitrogens with zero attached hydrogens (tertiary/aromatic N) is 1. The minimum Gasteiger partial charge on any atom is -0.326 e. The molecular weight excluding hydrogens is 374 g/mol. The fraction of sp³-hybridized carbons (Fsp3) is 0.316. The second-order valence-corrected chi connectivity index (χ2v) is 8.40. The van der Waals surface area contributed by atoms with E-state index in [1.807, 2.05) is 0 Å². The first kappa shape index (κ1) is 19.4. The first-order valence-electron chi connectivity index (χ1n) is 8.70. The minimum atomic E-state index is -3.51. The van der Waals surface area contributed by atoms with Crippen LogP contribution >= 0.6 is 0 Å². The van der Waals surface area contributed by atoms with E-state index in [0.717, 1.165) is 31.4 Å². The van der Waals surface area contributed by atoms with Gasteiger partial charge in [0.2, 0.25) is 15.9 Å². The van der Waals surface area contributed by atoms with Crippen molar-refractivity contribution in [1.82, 2.24) is 4.31 Å². The predicted octanol–water partition coefficient (Wildman–Crippen LogP) is 3.32. The maximum Gasteiger partial charge on any atom is 0.243 e. The van der Waals surface area contributed by atoms with Crippen molar-refractivity contribution in [3.05, 3.63) is 59.7 Å². The van der Waals surface area contributed by atoms with Crippen LogP contribution in [0.1, 0.15) is 24.8 Å². The van der Waals surface area contributed by atoms with E-state index in [1.165, 1.54) is 22.5 Å². The zero-order chi connectivity index (χ0) is 19.4. The van der Waals surface area contributed by atoms with Gasteiger partial charge in [0, 0.05) is 24.8 Å². The topological polar surface area (TPSA) is 66.5 Å². The molecule has 5 nitrogen and oxygen atoms in total. The number of piperidine rings is 1. The highest BCUT2D eigenvalue weighted by atomic mass is 32.2. The van der Waals surface area contributed by atoms with Gasteiger partial charge in [0.05, 0.1) is 11.3 Å². The third kappa shape index (κ3) is 4.70. The van der Waals surface area contributed by atoms with Crippen LogP contribution in [0, 0.1) is 11.6 Å². The zero-order valence-electron chi connectivity index (χ0n) is 14.6. The molecule has 0 saturated carbocycles. The van der Waals surface area contributed by atoms with E-state index in [0.29, 0.717) is 18.7 Å². The van der Waals surface area contributed by atoms with Gasteiger partial charge in [-0.25, -0.2) is 17.2 Å². The van der Waals surface area contributed by atoms with Gasteiger partial charge < -0.3 is 5.32 Å². The first-order chi connectivity index (χ1) is 12.9. The molecule has 0 radical (unpaired) electrons. The Morgan fingerprint density at radius 2 is 1.63 bits per heavy atom. The molecule has 2 aromatic carbocycles. The lowest BCUT2D eigenvalue weighted by molar-refractivity contribution is -0.115. The summed E-state index contributed by atoms with van der Waals surface area (Å²) in [6, 6.07) is 9.26. The third-order valence-electron chi connectivity index (χ3n) is 4.44. The molecule has 1 aliphatic rings. The average molecular weight is 394 g/mol. The summed E-state index contributed by atoms with van der Waals surface area (Å²) < 4.78 is 52.8. The van der Waals surface area contributed by atoms with E-state index in [9.17, 15) is 22.0 Å². The van der Waals surface area contributed by atoms with Gasteiger partial charge in [0.15, 0.2) is 11.6 Å². The normalized spacial score (nSPS) is 15.5. The monoisotopic (exact) mass is 394 g/mol. The van der Waals surface area contributed by atoms with Gasteiger partial charge in [-0.3, -0.25) is 4.79 Å². The van der Waals surface area contributed by atoms with Crippen molar-refractivity contribution in [3.8, 4) is 0 Å². The Bertz CT molecular complexity index is 924. The molecular formula is C19H20F2N2O3S. The predicted molar refractivity (Wildman–Crippen MR) is 97.7 cm³/mol. The van der Waals surface area contributed by atoms with Gasteiger partial charge in [-0.15, -0.1) is 0 Å². The van der Waals surface area contributed by atoms with E-state index >= 15 is 0 Å². The summed E-state index contributed by atoms with van der Waals surface area (Å²) in [6.45, 7) is 1.06. The van der Waals surface area contributed by atoms with Crippen LogP contribution in [0.3, 0.4) is 0 Å². The van der Waals surface area contributed by atoms with Gasteiger partial charge in [-0.2, -0.15) is 4.31 Å². The lowest BCUT2D eigenvalue weighted by Crippen LogP contribution is -2.35. The zero-order valence-corrected chi connectivity index (χ0v) is 15.4. The number of halogens is 2. The van der Waals surface area contributed by atoms with E-state index < -0.39 is 27.6 Å². The minimum absolute atomic E-state index is 0.0109. The summed E-state index contributed by atoms with van der Waals surface area (Å²) in [4.78, 5) is 12.3. The Kier molecular flexibility index (Phi) is 5.86. The number of hydrogen-bond donors (Lipinski definition) is 1. The van der Waals surface area contributed by atoms with E-state index in [4.69, 9.17) is 0 Å². The Labute approximate surface area is 157 Å². The maximum absolute atomic E-state index is 13.2. The van der Waals surface area contributed by atoms with Gasteiger partial charge in [0.25, 0.3) is 0 Å². The van der Waals surface area contributed by atoms with Crippen LogP contribution in [0.4, 0.5) is 14.5 Å². The largest absolute Gasteiger partial charge is 0.326 e. The Morgan fingerprint density at radius 3 is 2.26 bits per heavy atom. The lowest BCUT2D eigenvalue weighted by atomic mass is 10.1. The van der Waals surface area contributed by atoms with Crippen molar-refractivity contribution < 1.29 is 22.0 Å². The van der Waals surface area contributed by atoms with Crippen LogP contribution in [-0.4, -0.2) is 31.7 Å². The van der Waals surface area contributed by atoms with E-state index in [2.05, 4.69) is 5.32 Å². The van der Waals surface area contributed by atoms with Crippen LogP contribution in [0.2, 0.25) is 0 Å². The van der Waals surface area contributed by atoms with Gasteiger partial charge in [0.1, 0.15) is 0 Å². The van der Waals surface area contributed by atoms with Gasteiger partial charge in [-0.1, -0.05) is 18.6 Å². The van der Waals surface area contributed by atoms with E-state index in [1.54, 1.807) is 12.1 Å². The molecule has 0 aliphatic carbocycles. The second kappa shape index (κ2) is 8.14. The number of rotatable bonds is 5. The summed E-state index contributed by atoms with van der Waals surface area (Å²) >= 11 is 0. The average Bonchev–Trinajstić information content (AvgIpc) is 2.66. The molecule has 0 bridgehead atoms. The maximum atomic E-state index is 13.2. The van der Waals surface area contributed by atoms with Gasteiger partial charge in [-0.05, 0) is 42.7 Å². The van der Waals surface area contributed by atoms with Crippen LogP contribution in [-0.2, 0) is 21.2 Å².